The summed E-state index contributed by atoms with van der Waals surface area (Å²) in [6.45, 7) is 9.23. The molecule has 0 aliphatic carbocycles. The predicted molar refractivity (Wildman–Crippen MR) is 179 cm³/mol. The van der Waals surface area contributed by atoms with Crippen molar-refractivity contribution in [2.24, 2.45) is 0 Å². The Morgan fingerprint density at radius 3 is 0.925 bits per heavy atom. The van der Waals surface area contributed by atoms with Crippen LogP contribution in [0.3, 0.4) is 0 Å². The number of ether oxygens (including phenoxy) is 2. The summed E-state index contributed by atoms with van der Waals surface area (Å²) in [6, 6.07) is 4.80. The highest BCUT2D eigenvalue weighted by molar-refractivity contribution is 5.49. The molecule has 0 radical (unpaired) electrons. The van der Waals surface area contributed by atoms with Crippen molar-refractivity contribution in [1.82, 2.24) is 0 Å². The Hall–Kier alpha value is -1.18. The number of hydrogen-bond acceptors (Lipinski definition) is 2. The number of rotatable bonds is 28. The Morgan fingerprint density at radius 1 is 0.400 bits per heavy atom. The van der Waals surface area contributed by atoms with Gasteiger partial charge >= 0.3 is 0 Å². The van der Waals surface area contributed by atoms with E-state index in [-0.39, 0.29) is 0 Å². The molecule has 0 aliphatic heterocycles. The van der Waals surface area contributed by atoms with E-state index < -0.39 is 0 Å². The number of methoxy groups -OCH3 is 2. The lowest BCUT2D eigenvalue weighted by Crippen LogP contribution is -2.08. The van der Waals surface area contributed by atoms with Gasteiger partial charge in [0.1, 0.15) is 11.5 Å². The Kier molecular flexibility index (Phi) is 23.5. The van der Waals surface area contributed by atoms with E-state index in [4.69, 9.17) is 9.47 Å². The molecular formula is C38H70O2. The van der Waals surface area contributed by atoms with Crippen LogP contribution in [0.4, 0.5) is 0 Å². The second-order valence-corrected chi connectivity index (χ2v) is 12.5. The first kappa shape index (κ1) is 36.8. The van der Waals surface area contributed by atoms with Gasteiger partial charge in [0.15, 0.2) is 0 Å². The third kappa shape index (κ3) is 15.7. The van der Waals surface area contributed by atoms with Crippen LogP contribution in [-0.4, -0.2) is 14.2 Å². The third-order valence-electron chi connectivity index (χ3n) is 9.09. The quantitative estimate of drug-likeness (QED) is 0.0952. The van der Waals surface area contributed by atoms with Crippen molar-refractivity contribution in [1.29, 1.82) is 0 Å². The molecule has 2 heteroatoms. The SMILES string of the molecule is CCCCCCCCC(CCCCCC)c1cc(OC)c(C(CCCCCC)CCCCCCCC)cc1OC. The van der Waals surface area contributed by atoms with E-state index in [0.29, 0.717) is 11.8 Å². The molecule has 0 N–H and O–H groups in total. The lowest BCUT2D eigenvalue weighted by molar-refractivity contribution is 0.377. The van der Waals surface area contributed by atoms with Gasteiger partial charge in [0, 0.05) is 11.1 Å². The first-order chi connectivity index (χ1) is 19.7. The van der Waals surface area contributed by atoms with E-state index in [1.165, 1.54) is 165 Å². The van der Waals surface area contributed by atoms with Crippen molar-refractivity contribution < 1.29 is 9.47 Å². The van der Waals surface area contributed by atoms with Gasteiger partial charge in [0.2, 0.25) is 0 Å². The Balaban J connectivity index is 3.12. The van der Waals surface area contributed by atoms with E-state index in [0.717, 1.165) is 11.5 Å². The molecule has 1 aromatic carbocycles. The molecule has 0 aromatic heterocycles. The fraction of sp³-hybridized carbons (Fsp3) is 0.842. The Bertz CT molecular complexity index is 637. The smallest absolute Gasteiger partial charge is 0.122 e. The van der Waals surface area contributed by atoms with Crippen molar-refractivity contribution in [2.75, 3.05) is 14.2 Å². The standard InChI is InChI=1S/C38H70O2/c1-7-11-15-19-21-25-29-33(27-23-17-13-9-3)35-31-38(40-6)36(32-37(35)39-5)34(28-24-18-14-10-4)30-26-22-20-16-12-8-2/h31-34H,7-30H2,1-6H3. The van der Waals surface area contributed by atoms with Crippen molar-refractivity contribution in [3.8, 4) is 11.5 Å². The minimum Gasteiger partial charge on any atom is -0.496 e. The average Bonchev–Trinajstić information content (AvgIpc) is 2.98. The van der Waals surface area contributed by atoms with Crippen molar-refractivity contribution >= 4 is 0 Å². The number of hydrogen-bond donors (Lipinski definition) is 0. The summed E-state index contributed by atoms with van der Waals surface area (Å²) in [6.07, 6.45) is 32.0. The van der Waals surface area contributed by atoms with Gasteiger partial charge in [0.05, 0.1) is 14.2 Å². The second-order valence-electron chi connectivity index (χ2n) is 12.5. The maximum atomic E-state index is 6.16. The molecule has 2 atom stereocenters. The molecule has 1 aromatic rings. The molecule has 1 rings (SSSR count). The van der Waals surface area contributed by atoms with Crippen molar-refractivity contribution in [3.63, 3.8) is 0 Å². The summed E-state index contributed by atoms with van der Waals surface area (Å²) in [5, 5.41) is 0. The third-order valence-corrected chi connectivity index (χ3v) is 9.09. The fourth-order valence-electron chi connectivity index (χ4n) is 6.47. The topological polar surface area (TPSA) is 18.5 Å². The monoisotopic (exact) mass is 559 g/mol. The van der Waals surface area contributed by atoms with Gasteiger partial charge in [0.25, 0.3) is 0 Å². The van der Waals surface area contributed by atoms with E-state index in [1.54, 1.807) is 0 Å². The molecule has 0 heterocycles. The summed E-state index contributed by atoms with van der Waals surface area (Å²) >= 11 is 0. The first-order valence-corrected chi connectivity index (χ1v) is 17.9. The van der Waals surface area contributed by atoms with E-state index in [2.05, 4.69) is 39.8 Å². The summed E-state index contributed by atoms with van der Waals surface area (Å²) in [5.74, 6) is 3.37. The lowest BCUT2D eigenvalue weighted by atomic mass is 9.83. The molecule has 0 saturated heterocycles. The van der Waals surface area contributed by atoms with Gasteiger partial charge in [-0.3, -0.25) is 0 Å². The minimum atomic E-state index is 0.572. The zero-order chi connectivity index (χ0) is 29.3. The maximum absolute atomic E-state index is 6.16. The van der Waals surface area contributed by atoms with E-state index in [9.17, 15) is 0 Å². The van der Waals surface area contributed by atoms with Gasteiger partial charge < -0.3 is 9.47 Å². The number of unbranched alkanes of at least 4 members (excludes halogenated alkanes) is 16. The Morgan fingerprint density at radius 2 is 0.650 bits per heavy atom. The normalized spacial score (nSPS) is 12.9. The van der Waals surface area contributed by atoms with Gasteiger partial charge in [-0.25, -0.2) is 0 Å². The lowest BCUT2D eigenvalue weighted by Gasteiger charge is -2.25. The first-order valence-electron chi connectivity index (χ1n) is 17.9. The molecule has 0 amide bonds. The molecule has 0 spiro atoms. The zero-order valence-electron chi connectivity index (χ0n) is 28.1. The average molecular weight is 559 g/mol. The van der Waals surface area contributed by atoms with Crippen molar-refractivity contribution in [3.05, 3.63) is 23.3 Å². The largest absolute Gasteiger partial charge is 0.496 e. The molecule has 2 nitrogen and oxygen atoms in total. The molecule has 40 heavy (non-hydrogen) atoms. The molecule has 0 aliphatic rings. The highest BCUT2D eigenvalue weighted by atomic mass is 16.5. The van der Waals surface area contributed by atoms with Crippen LogP contribution in [0.1, 0.15) is 205 Å². The van der Waals surface area contributed by atoms with Crippen LogP contribution in [-0.2, 0) is 0 Å². The highest BCUT2D eigenvalue weighted by Gasteiger charge is 2.23. The van der Waals surface area contributed by atoms with E-state index in [1.807, 2.05) is 14.2 Å². The molecule has 0 fully saturated rings. The van der Waals surface area contributed by atoms with E-state index >= 15 is 0 Å². The highest BCUT2D eigenvalue weighted by Crippen LogP contribution is 2.43. The van der Waals surface area contributed by atoms with Gasteiger partial charge in [-0.05, 0) is 49.7 Å². The van der Waals surface area contributed by atoms with Crippen LogP contribution >= 0.6 is 0 Å². The predicted octanol–water partition coefficient (Wildman–Crippen LogP) is 13.3. The Labute approximate surface area is 251 Å². The fourth-order valence-corrected chi connectivity index (χ4v) is 6.47. The van der Waals surface area contributed by atoms with Crippen LogP contribution in [0, 0.1) is 0 Å². The summed E-state index contributed by atoms with van der Waals surface area (Å²) in [4.78, 5) is 0. The van der Waals surface area contributed by atoms with Crippen LogP contribution in [0.5, 0.6) is 11.5 Å². The van der Waals surface area contributed by atoms with Gasteiger partial charge in [-0.1, -0.05) is 156 Å². The summed E-state index contributed by atoms with van der Waals surface area (Å²) in [7, 11) is 3.77. The van der Waals surface area contributed by atoms with Gasteiger partial charge in [-0.15, -0.1) is 0 Å². The zero-order valence-corrected chi connectivity index (χ0v) is 28.1. The van der Waals surface area contributed by atoms with Crippen LogP contribution < -0.4 is 9.47 Å². The number of benzene rings is 1. The molecule has 0 saturated carbocycles. The van der Waals surface area contributed by atoms with Crippen LogP contribution in [0.15, 0.2) is 12.1 Å². The molecule has 234 valence electrons. The van der Waals surface area contributed by atoms with Crippen molar-refractivity contribution in [2.45, 2.75) is 194 Å². The van der Waals surface area contributed by atoms with Gasteiger partial charge in [-0.2, -0.15) is 0 Å². The maximum Gasteiger partial charge on any atom is 0.122 e. The summed E-state index contributed by atoms with van der Waals surface area (Å²) < 4.78 is 12.3. The van der Waals surface area contributed by atoms with Crippen LogP contribution in [0.25, 0.3) is 0 Å². The molecule has 0 bridgehead atoms. The van der Waals surface area contributed by atoms with Crippen LogP contribution in [0.2, 0.25) is 0 Å². The second kappa shape index (κ2) is 25.5. The molecular weight excluding hydrogens is 488 g/mol. The minimum absolute atomic E-state index is 0.572. The summed E-state index contributed by atoms with van der Waals surface area (Å²) in [5.41, 5.74) is 2.80. The molecule has 2 unspecified atom stereocenters.